The molecule has 3 rings (SSSR count). The molecule has 0 saturated carbocycles. The predicted octanol–water partition coefficient (Wildman–Crippen LogP) is 2.52. The minimum Gasteiger partial charge on any atom is -0.338 e. The standard InChI is InChI=1S/C17H24N2O2/c1-12-5-4-9-19(10-8-12)17(21)14-11-13-6-2-3-7-15(13)18-16(14)20/h11-12H,2-10H2,1H3,(H,18,20). The maximum atomic E-state index is 12.7. The first-order chi connectivity index (χ1) is 10.1. The lowest BCUT2D eigenvalue weighted by molar-refractivity contribution is 0.0758. The first-order valence-corrected chi connectivity index (χ1v) is 8.19. The fourth-order valence-electron chi connectivity index (χ4n) is 3.47. The van der Waals surface area contributed by atoms with Crippen LogP contribution in [0.15, 0.2) is 10.9 Å². The van der Waals surface area contributed by atoms with E-state index in [1.165, 1.54) is 6.42 Å². The molecule has 1 aromatic rings. The Hall–Kier alpha value is -1.58. The highest BCUT2D eigenvalue weighted by Crippen LogP contribution is 2.21. The molecule has 1 N–H and O–H groups in total. The number of likely N-dealkylation sites (tertiary alicyclic amines) is 1. The lowest BCUT2D eigenvalue weighted by Crippen LogP contribution is -2.36. The summed E-state index contributed by atoms with van der Waals surface area (Å²) in [5.74, 6) is 0.586. The number of amides is 1. The number of rotatable bonds is 1. The third-order valence-corrected chi connectivity index (χ3v) is 4.87. The number of carbonyl (C=O) groups excluding carboxylic acids is 1. The summed E-state index contributed by atoms with van der Waals surface area (Å²) in [5, 5.41) is 0. The van der Waals surface area contributed by atoms with Crippen molar-refractivity contribution in [3.8, 4) is 0 Å². The van der Waals surface area contributed by atoms with Crippen LogP contribution >= 0.6 is 0 Å². The molecule has 0 bridgehead atoms. The molecule has 1 fully saturated rings. The van der Waals surface area contributed by atoms with Crippen molar-refractivity contribution in [1.29, 1.82) is 0 Å². The Morgan fingerprint density at radius 2 is 2.00 bits per heavy atom. The Labute approximate surface area is 125 Å². The molecule has 4 heteroatoms. The zero-order valence-corrected chi connectivity index (χ0v) is 12.8. The van der Waals surface area contributed by atoms with Gasteiger partial charge < -0.3 is 9.88 Å². The van der Waals surface area contributed by atoms with E-state index in [1.54, 1.807) is 0 Å². The molecular formula is C17H24N2O2. The molecular weight excluding hydrogens is 264 g/mol. The van der Waals surface area contributed by atoms with Gasteiger partial charge in [0.2, 0.25) is 0 Å². The van der Waals surface area contributed by atoms with Crippen LogP contribution in [0.2, 0.25) is 0 Å². The van der Waals surface area contributed by atoms with E-state index in [1.807, 2.05) is 11.0 Å². The number of fused-ring (bicyclic) bond motifs is 1. The highest BCUT2D eigenvalue weighted by molar-refractivity contribution is 5.94. The molecule has 114 valence electrons. The van der Waals surface area contributed by atoms with E-state index in [0.717, 1.165) is 62.9 Å². The van der Waals surface area contributed by atoms with Gasteiger partial charge in [0, 0.05) is 18.8 Å². The topological polar surface area (TPSA) is 53.2 Å². The molecule has 21 heavy (non-hydrogen) atoms. The van der Waals surface area contributed by atoms with Crippen molar-refractivity contribution >= 4 is 5.91 Å². The van der Waals surface area contributed by atoms with Crippen LogP contribution in [0.25, 0.3) is 0 Å². The van der Waals surface area contributed by atoms with E-state index >= 15 is 0 Å². The van der Waals surface area contributed by atoms with Crippen LogP contribution in [-0.4, -0.2) is 28.9 Å². The van der Waals surface area contributed by atoms with Crippen molar-refractivity contribution < 1.29 is 4.79 Å². The first kappa shape index (κ1) is 14.4. The van der Waals surface area contributed by atoms with Gasteiger partial charge in [-0.2, -0.15) is 0 Å². The number of H-pyrrole nitrogens is 1. The minimum absolute atomic E-state index is 0.0845. The van der Waals surface area contributed by atoms with Crippen LogP contribution in [0.5, 0.6) is 0 Å². The number of nitrogens with one attached hydrogen (secondary N) is 1. The van der Waals surface area contributed by atoms with Crippen LogP contribution in [0.1, 0.15) is 60.6 Å². The number of nitrogens with zero attached hydrogens (tertiary/aromatic N) is 1. The Balaban J connectivity index is 1.85. The maximum absolute atomic E-state index is 12.7. The average Bonchev–Trinajstić information content (AvgIpc) is 2.70. The molecule has 1 unspecified atom stereocenters. The maximum Gasteiger partial charge on any atom is 0.261 e. The zero-order chi connectivity index (χ0) is 14.8. The number of hydrogen-bond donors (Lipinski definition) is 1. The van der Waals surface area contributed by atoms with Crippen molar-refractivity contribution in [3.63, 3.8) is 0 Å². The predicted molar refractivity (Wildman–Crippen MR) is 82.6 cm³/mol. The van der Waals surface area contributed by atoms with Crippen LogP contribution in [0.4, 0.5) is 0 Å². The summed E-state index contributed by atoms with van der Waals surface area (Å²) < 4.78 is 0. The highest BCUT2D eigenvalue weighted by Gasteiger charge is 2.23. The first-order valence-electron chi connectivity index (χ1n) is 8.19. The smallest absolute Gasteiger partial charge is 0.261 e. The second-order valence-corrected chi connectivity index (χ2v) is 6.55. The third-order valence-electron chi connectivity index (χ3n) is 4.87. The summed E-state index contributed by atoms with van der Waals surface area (Å²) in [6.45, 7) is 3.79. The van der Waals surface area contributed by atoms with Gasteiger partial charge in [0.1, 0.15) is 5.56 Å². The number of aryl methyl sites for hydroxylation is 2. The molecule has 0 spiro atoms. The Morgan fingerprint density at radius 3 is 2.86 bits per heavy atom. The fourth-order valence-corrected chi connectivity index (χ4v) is 3.47. The second-order valence-electron chi connectivity index (χ2n) is 6.55. The Morgan fingerprint density at radius 1 is 1.19 bits per heavy atom. The highest BCUT2D eigenvalue weighted by atomic mass is 16.2. The monoisotopic (exact) mass is 288 g/mol. The number of hydrogen-bond acceptors (Lipinski definition) is 2. The number of aromatic nitrogens is 1. The zero-order valence-electron chi connectivity index (χ0n) is 12.8. The molecule has 1 amide bonds. The van der Waals surface area contributed by atoms with E-state index in [9.17, 15) is 9.59 Å². The van der Waals surface area contributed by atoms with Gasteiger partial charge in [-0.15, -0.1) is 0 Å². The van der Waals surface area contributed by atoms with Gasteiger partial charge in [0.25, 0.3) is 11.5 Å². The normalized spacial score (nSPS) is 22.5. The average molecular weight is 288 g/mol. The van der Waals surface area contributed by atoms with Crippen LogP contribution in [0, 0.1) is 5.92 Å². The largest absolute Gasteiger partial charge is 0.338 e. The van der Waals surface area contributed by atoms with E-state index in [2.05, 4.69) is 11.9 Å². The summed E-state index contributed by atoms with van der Waals surface area (Å²) in [6, 6.07) is 1.85. The van der Waals surface area contributed by atoms with Crippen molar-refractivity contribution in [1.82, 2.24) is 9.88 Å². The molecule has 2 heterocycles. The van der Waals surface area contributed by atoms with Gasteiger partial charge in [0.05, 0.1) is 0 Å². The molecule has 1 aliphatic carbocycles. The molecule has 1 saturated heterocycles. The van der Waals surface area contributed by atoms with E-state index in [-0.39, 0.29) is 11.5 Å². The van der Waals surface area contributed by atoms with Gasteiger partial charge >= 0.3 is 0 Å². The molecule has 1 aromatic heterocycles. The van der Waals surface area contributed by atoms with E-state index < -0.39 is 0 Å². The van der Waals surface area contributed by atoms with Gasteiger partial charge in [-0.1, -0.05) is 6.92 Å². The van der Waals surface area contributed by atoms with Gasteiger partial charge in [0.15, 0.2) is 0 Å². The minimum atomic E-state index is -0.210. The Bertz CT molecular complexity index is 591. The summed E-state index contributed by atoms with van der Waals surface area (Å²) in [7, 11) is 0. The molecule has 1 atom stereocenters. The van der Waals surface area contributed by atoms with Gasteiger partial charge in [-0.05, 0) is 62.5 Å². The second kappa shape index (κ2) is 6.04. The van der Waals surface area contributed by atoms with Gasteiger partial charge in [-0.3, -0.25) is 9.59 Å². The summed E-state index contributed by atoms with van der Waals surface area (Å²) in [5.41, 5.74) is 2.32. The van der Waals surface area contributed by atoms with Crippen LogP contribution < -0.4 is 5.56 Å². The lowest BCUT2D eigenvalue weighted by Gasteiger charge is -2.21. The molecule has 0 radical (unpaired) electrons. The van der Waals surface area contributed by atoms with Crippen molar-refractivity contribution in [2.75, 3.05) is 13.1 Å². The Kier molecular flexibility index (Phi) is 4.13. The van der Waals surface area contributed by atoms with Crippen molar-refractivity contribution in [3.05, 3.63) is 33.2 Å². The van der Waals surface area contributed by atoms with Crippen LogP contribution in [0.3, 0.4) is 0 Å². The molecule has 4 nitrogen and oxygen atoms in total. The molecule has 0 aromatic carbocycles. The summed E-state index contributed by atoms with van der Waals surface area (Å²) in [6.07, 6.45) is 7.42. The molecule has 2 aliphatic rings. The van der Waals surface area contributed by atoms with Crippen molar-refractivity contribution in [2.45, 2.75) is 51.9 Å². The number of aromatic amines is 1. The van der Waals surface area contributed by atoms with E-state index in [0.29, 0.717) is 11.5 Å². The lowest BCUT2D eigenvalue weighted by atomic mass is 9.95. The number of pyridine rings is 1. The summed E-state index contributed by atoms with van der Waals surface area (Å²) >= 11 is 0. The molecule has 1 aliphatic heterocycles. The van der Waals surface area contributed by atoms with E-state index in [4.69, 9.17) is 0 Å². The fraction of sp³-hybridized carbons (Fsp3) is 0.647. The van der Waals surface area contributed by atoms with Crippen molar-refractivity contribution in [2.24, 2.45) is 5.92 Å². The SMILES string of the molecule is CC1CCCN(C(=O)c2cc3c([nH]c2=O)CCCC3)CC1. The third kappa shape index (κ3) is 3.04. The van der Waals surface area contributed by atoms with Crippen LogP contribution in [-0.2, 0) is 12.8 Å². The summed E-state index contributed by atoms with van der Waals surface area (Å²) in [4.78, 5) is 29.7. The number of carbonyl (C=O) groups is 1. The van der Waals surface area contributed by atoms with Gasteiger partial charge in [-0.25, -0.2) is 0 Å². The quantitative estimate of drug-likeness (QED) is 0.863.